The second-order valence-electron chi connectivity index (χ2n) is 3.03. The Morgan fingerprint density at radius 2 is 1.33 bits per heavy atom. The molecular weight excluding hydrogens is 353 g/mol. The first-order valence-electron chi connectivity index (χ1n) is 3.73. The van der Waals surface area contributed by atoms with Crippen molar-refractivity contribution < 1.29 is 16.8 Å². The van der Waals surface area contributed by atoms with Gasteiger partial charge in [-0.2, -0.15) is 0 Å². The van der Waals surface area contributed by atoms with Crippen LogP contribution in [0.1, 0.15) is 13.8 Å². The standard InChI is InChI=1S/C7H12INO4S2/c1-5-14(10,11)9(7(3,4)8)15(12,13)6-2/h5-6H,1-2H2,3-4H3. The van der Waals surface area contributed by atoms with E-state index in [0.717, 1.165) is 0 Å². The molecule has 0 radical (unpaired) electrons. The molecule has 0 aliphatic rings. The predicted octanol–water partition coefficient (Wildman–Crippen LogP) is 1.41. The van der Waals surface area contributed by atoms with Crippen molar-refractivity contribution in [3.63, 3.8) is 0 Å². The topological polar surface area (TPSA) is 71.5 Å². The molecule has 0 aliphatic heterocycles. The van der Waals surface area contributed by atoms with Crippen molar-refractivity contribution in [1.29, 1.82) is 0 Å². The summed E-state index contributed by atoms with van der Waals surface area (Å²) in [5, 5.41) is 1.18. The summed E-state index contributed by atoms with van der Waals surface area (Å²) < 4.78 is 45.4. The summed E-state index contributed by atoms with van der Waals surface area (Å²) in [6, 6.07) is 0. The van der Waals surface area contributed by atoms with Crippen LogP contribution in [0.25, 0.3) is 0 Å². The van der Waals surface area contributed by atoms with E-state index < -0.39 is 23.6 Å². The van der Waals surface area contributed by atoms with Gasteiger partial charge in [-0.3, -0.25) is 0 Å². The Balaban J connectivity index is 5.93. The van der Waals surface area contributed by atoms with E-state index in [1.54, 1.807) is 22.6 Å². The van der Waals surface area contributed by atoms with Gasteiger partial charge in [0.25, 0.3) is 0 Å². The molecule has 0 bridgehead atoms. The lowest BCUT2D eigenvalue weighted by atomic mass is 10.4. The summed E-state index contributed by atoms with van der Waals surface area (Å²) >= 11 is 1.71. The van der Waals surface area contributed by atoms with Gasteiger partial charge in [0.15, 0.2) is 0 Å². The maximum Gasteiger partial charge on any atom is 0.250 e. The van der Waals surface area contributed by atoms with Gasteiger partial charge in [-0.15, -0.1) is 0 Å². The molecule has 0 rings (SSSR count). The average Bonchev–Trinajstić information content (AvgIpc) is 2.00. The van der Waals surface area contributed by atoms with Gasteiger partial charge in [0.1, 0.15) is 0 Å². The molecule has 0 saturated carbocycles. The number of hydrogen-bond donors (Lipinski definition) is 0. The molecule has 0 aromatic rings. The third-order valence-corrected chi connectivity index (χ3v) is 6.38. The Morgan fingerprint density at radius 3 is 1.47 bits per heavy atom. The van der Waals surface area contributed by atoms with Crippen LogP contribution >= 0.6 is 22.6 Å². The van der Waals surface area contributed by atoms with Crippen molar-refractivity contribution in [2.75, 3.05) is 0 Å². The summed E-state index contributed by atoms with van der Waals surface area (Å²) in [4.78, 5) is 0. The minimum absolute atomic E-state index is 0.369. The number of hydrogen-bond acceptors (Lipinski definition) is 4. The number of sulfonamides is 2. The van der Waals surface area contributed by atoms with Crippen molar-refractivity contribution in [2.24, 2.45) is 0 Å². The van der Waals surface area contributed by atoms with Gasteiger partial charge in [-0.25, -0.2) is 16.8 Å². The molecule has 0 aromatic carbocycles. The minimum atomic E-state index is -4.06. The molecule has 0 heterocycles. The number of rotatable bonds is 5. The van der Waals surface area contributed by atoms with Crippen LogP contribution in [0.2, 0.25) is 0 Å². The largest absolute Gasteiger partial charge is 0.250 e. The van der Waals surface area contributed by atoms with Gasteiger partial charge in [-0.05, 0) is 13.8 Å². The van der Waals surface area contributed by atoms with Crippen LogP contribution in [0.4, 0.5) is 0 Å². The zero-order valence-corrected chi connectivity index (χ0v) is 12.1. The molecule has 0 fully saturated rings. The van der Waals surface area contributed by atoms with E-state index in [1.807, 2.05) is 0 Å². The molecule has 88 valence electrons. The first kappa shape index (κ1) is 15.1. The van der Waals surface area contributed by atoms with E-state index >= 15 is 0 Å². The van der Waals surface area contributed by atoms with Crippen LogP contribution < -0.4 is 0 Å². The van der Waals surface area contributed by atoms with E-state index in [4.69, 9.17) is 0 Å². The monoisotopic (exact) mass is 365 g/mol. The highest BCUT2D eigenvalue weighted by Gasteiger charge is 2.40. The Labute approximate surface area is 104 Å². The fraction of sp³-hybridized carbons (Fsp3) is 0.429. The molecule has 0 N–H and O–H groups in total. The predicted molar refractivity (Wildman–Crippen MR) is 68.2 cm³/mol. The zero-order valence-electron chi connectivity index (χ0n) is 8.34. The molecular formula is C7H12INO4S2. The van der Waals surface area contributed by atoms with E-state index in [-0.39, 0.29) is 0 Å². The molecule has 0 aliphatic carbocycles. The second-order valence-corrected chi connectivity index (χ2v) is 9.36. The van der Waals surface area contributed by atoms with Gasteiger partial charge in [-0.1, -0.05) is 39.5 Å². The number of nitrogens with zero attached hydrogens (tertiary/aromatic N) is 1. The SMILES string of the molecule is C=CS(=O)(=O)N(C(C)(C)I)S(=O)(=O)C=C. The van der Waals surface area contributed by atoms with E-state index in [9.17, 15) is 16.8 Å². The Hall–Kier alpha value is 0.0700. The second kappa shape index (κ2) is 4.52. The van der Waals surface area contributed by atoms with Crippen molar-refractivity contribution in [2.45, 2.75) is 17.4 Å². The maximum absolute atomic E-state index is 11.5. The highest BCUT2D eigenvalue weighted by atomic mass is 127. The normalized spacial score (nSPS) is 13.9. The van der Waals surface area contributed by atoms with E-state index in [0.29, 0.717) is 14.5 Å². The van der Waals surface area contributed by atoms with Crippen molar-refractivity contribution >= 4 is 42.6 Å². The molecule has 0 unspecified atom stereocenters. The minimum Gasteiger partial charge on any atom is -0.206 e. The highest BCUT2D eigenvalue weighted by Crippen LogP contribution is 2.30. The van der Waals surface area contributed by atoms with Gasteiger partial charge >= 0.3 is 0 Å². The summed E-state index contributed by atoms with van der Waals surface area (Å²) in [5.41, 5.74) is 0. The van der Waals surface area contributed by atoms with Crippen LogP contribution in [0.5, 0.6) is 0 Å². The lowest BCUT2D eigenvalue weighted by molar-refractivity contribution is 0.456. The van der Waals surface area contributed by atoms with Crippen LogP contribution in [0.15, 0.2) is 24.0 Å². The van der Waals surface area contributed by atoms with Crippen LogP contribution in [-0.2, 0) is 20.0 Å². The van der Waals surface area contributed by atoms with Crippen LogP contribution in [-0.4, -0.2) is 24.1 Å². The molecule has 0 atom stereocenters. The van der Waals surface area contributed by atoms with Crippen molar-refractivity contribution in [3.8, 4) is 0 Å². The summed E-state index contributed by atoms with van der Waals surface area (Å²) in [5.74, 6) is 0. The van der Waals surface area contributed by atoms with Crippen LogP contribution in [0.3, 0.4) is 0 Å². The summed E-state index contributed by atoms with van der Waals surface area (Å²) in [7, 11) is -8.11. The smallest absolute Gasteiger partial charge is 0.206 e. The van der Waals surface area contributed by atoms with Gasteiger partial charge in [0, 0.05) is 10.8 Å². The molecule has 0 saturated heterocycles. The first-order valence-corrected chi connectivity index (χ1v) is 7.82. The quantitative estimate of drug-likeness (QED) is 0.420. The molecule has 0 spiro atoms. The Morgan fingerprint density at radius 1 is 1.07 bits per heavy atom. The maximum atomic E-state index is 11.5. The molecule has 15 heavy (non-hydrogen) atoms. The molecule has 8 heteroatoms. The molecule has 5 nitrogen and oxygen atoms in total. The zero-order chi connectivity index (χ0) is 12.5. The lowest BCUT2D eigenvalue weighted by Crippen LogP contribution is -2.45. The van der Waals surface area contributed by atoms with Crippen molar-refractivity contribution in [1.82, 2.24) is 3.71 Å². The van der Waals surface area contributed by atoms with E-state index in [2.05, 4.69) is 13.2 Å². The van der Waals surface area contributed by atoms with Gasteiger partial charge in [0.05, 0.1) is 3.55 Å². The van der Waals surface area contributed by atoms with E-state index in [1.165, 1.54) is 13.8 Å². The molecule has 0 amide bonds. The molecule has 0 aromatic heterocycles. The first-order chi connectivity index (χ1) is 6.49. The average molecular weight is 365 g/mol. The van der Waals surface area contributed by atoms with Gasteiger partial charge < -0.3 is 0 Å². The van der Waals surface area contributed by atoms with Crippen LogP contribution in [0, 0.1) is 0 Å². The fourth-order valence-electron chi connectivity index (χ4n) is 0.885. The fourth-order valence-corrected chi connectivity index (χ4v) is 5.54. The number of alkyl halides is 1. The summed E-state index contributed by atoms with van der Waals surface area (Å²) in [6.07, 6.45) is 0. The van der Waals surface area contributed by atoms with Gasteiger partial charge in [0.2, 0.25) is 20.0 Å². The van der Waals surface area contributed by atoms with Crippen molar-refractivity contribution in [3.05, 3.63) is 24.0 Å². The summed E-state index contributed by atoms with van der Waals surface area (Å²) in [6.45, 7) is 9.07. The third-order valence-electron chi connectivity index (χ3n) is 1.32. The lowest BCUT2D eigenvalue weighted by Gasteiger charge is -2.29. The number of halogens is 1. The Bertz CT molecular complexity index is 420. The third kappa shape index (κ3) is 3.54. The Kier molecular flexibility index (Phi) is 4.54. The highest BCUT2D eigenvalue weighted by molar-refractivity contribution is 14.1.